The van der Waals surface area contributed by atoms with Crippen LogP contribution in [0.15, 0.2) is 59.2 Å². The summed E-state index contributed by atoms with van der Waals surface area (Å²) in [6.45, 7) is 4.67. The molecule has 28 heavy (non-hydrogen) atoms. The van der Waals surface area contributed by atoms with E-state index in [-0.39, 0.29) is 0 Å². The van der Waals surface area contributed by atoms with Crippen LogP contribution in [0.3, 0.4) is 0 Å². The van der Waals surface area contributed by atoms with Crippen molar-refractivity contribution in [2.75, 3.05) is 17.3 Å². The lowest BCUT2D eigenvalue weighted by Crippen LogP contribution is -2.14. The van der Waals surface area contributed by atoms with E-state index in [9.17, 15) is 0 Å². The van der Waals surface area contributed by atoms with Crippen LogP contribution in [0.5, 0.6) is 0 Å². The molecule has 0 fully saturated rings. The second-order valence-corrected chi connectivity index (χ2v) is 11.9. The highest BCUT2D eigenvalue weighted by Crippen LogP contribution is 2.67. The molecule has 1 N–H and O–H groups in total. The van der Waals surface area contributed by atoms with Crippen LogP contribution in [0, 0.1) is 0 Å². The Morgan fingerprint density at radius 1 is 1.07 bits per heavy atom. The van der Waals surface area contributed by atoms with Crippen LogP contribution in [0.4, 0.5) is 0 Å². The van der Waals surface area contributed by atoms with Gasteiger partial charge in [0.05, 0.1) is 11.9 Å². The molecule has 1 aliphatic carbocycles. The molecule has 1 aromatic carbocycles. The van der Waals surface area contributed by atoms with Gasteiger partial charge in [0.1, 0.15) is 5.82 Å². The first kappa shape index (κ1) is 19.6. The van der Waals surface area contributed by atoms with Gasteiger partial charge in [-0.25, -0.2) is 15.0 Å². The molecule has 2 aromatic rings. The molecule has 0 saturated heterocycles. The molecule has 0 bridgehead atoms. The van der Waals surface area contributed by atoms with E-state index in [1.165, 1.54) is 67.2 Å². The molecule has 2 nitrogen and oxygen atoms in total. The van der Waals surface area contributed by atoms with Gasteiger partial charge in [-0.15, -0.1) is 0 Å². The van der Waals surface area contributed by atoms with E-state index in [0.717, 1.165) is 5.69 Å². The number of unbranched alkanes of at least 4 members (excludes halogenated alkanes) is 2. The quantitative estimate of drug-likeness (QED) is 0.504. The number of imidazole rings is 1. The molecule has 0 spiro atoms. The van der Waals surface area contributed by atoms with Crippen molar-refractivity contribution in [1.29, 1.82) is 0 Å². The Morgan fingerprint density at radius 2 is 1.82 bits per heavy atom. The summed E-state index contributed by atoms with van der Waals surface area (Å²) in [5.74, 6) is 5.85. The number of hydrogen-bond donors (Lipinski definition) is 1. The van der Waals surface area contributed by atoms with Crippen molar-refractivity contribution in [3.8, 4) is 11.3 Å². The van der Waals surface area contributed by atoms with Crippen molar-refractivity contribution in [2.24, 2.45) is 0 Å². The molecule has 2 aliphatic rings. The molecular formula is C25H34N2S. The summed E-state index contributed by atoms with van der Waals surface area (Å²) >= 11 is 0. The number of nitrogens with zero attached hydrogens (tertiary/aromatic N) is 1. The summed E-state index contributed by atoms with van der Waals surface area (Å²) in [6.07, 6.45) is 14.7. The zero-order valence-electron chi connectivity index (χ0n) is 17.4. The van der Waals surface area contributed by atoms with E-state index in [1.54, 1.807) is 10.5 Å². The first-order chi connectivity index (χ1) is 13.8. The zero-order valence-corrected chi connectivity index (χ0v) is 18.2. The van der Waals surface area contributed by atoms with Crippen LogP contribution < -0.4 is 0 Å². The van der Waals surface area contributed by atoms with Crippen LogP contribution in [-0.2, 0) is 0 Å². The maximum atomic E-state index is 4.89. The smallest absolute Gasteiger partial charge is 0.114 e. The van der Waals surface area contributed by atoms with E-state index in [1.807, 2.05) is 6.20 Å². The molecule has 1 atom stereocenters. The second kappa shape index (κ2) is 8.73. The first-order valence-corrected chi connectivity index (χ1v) is 13.2. The fourth-order valence-corrected chi connectivity index (χ4v) is 9.81. The molecule has 2 heterocycles. The third-order valence-corrected chi connectivity index (χ3v) is 10.8. The fraction of sp³-hybridized carbons (Fsp3) is 0.480. The van der Waals surface area contributed by atoms with Crippen LogP contribution in [0.2, 0.25) is 0 Å². The zero-order chi connectivity index (χ0) is 19.4. The average molecular weight is 395 g/mol. The van der Waals surface area contributed by atoms with E-state index < -0.39 is 10.0 Å². The number of aromatic nitrogens is 2. The Bertz CT molecular complexity index is 838. The van der Waals surface area contributed by atoms with Crippen LogP contribution >= 0.6 is 10.0 Å². The van der Waals surface area contributed by atoms with Gasteiger partial charge in [0.25, 0.3) is 0 Å². The summed E-state index contributed by atoms with van der Waals surface area (Å²) in [5, 5.41) is 0. The van der Waals surface area contributed by atoms with E-state index in [4.69, 9.17) is 4.98 Å². The van der Waals surface area contributed by atoms with Gasteiger partial charge >= 0.3 is 0 Å². The minimum Gasteiger partial charge on any atom is -0.341 e. The van der Waals surface area contributed by atoms with Gasteiger partial charge in [-0.3, -0.25) is 0 Å². The largest absolute Gasteiger partial charge is 0.341 e. The topological polar surface area (TPSA) is 28.7 Å². The summed E-state index contributed by atoms with van der Waals surface area (Å²) in [4.78, 5) is 10.3. The highest BCUT2D eigenvalue weighted by molar-refractivity contribution is 8.37. The van der Waals surface area contributed by atoms with E-state index >= 15 is 0 Å². The molecule has 3 heteroatoms. The maximum Gasteiger partial charge on any atom is 0.114 e. The molecular weight excluding hydrogens is 360 g/mol. The monoisotopic (exact) mass is 394 g/mol. The fourth-order valence-electron chi connectivity index (χ4n) is 4.79. The summed E-state index contributed by atoms with van der Waals surface area (Å²) in [7, 11) is -0.706. The Hall–Kier alpha value is -1.74. The van der Waals surface area contributed by atoms with Crippen molar-refractivity contribution in [3.63, 3.8) is 0 Å². The third-order valence-electron chi connectivity index (χ3n) is 6.33. The predicted octanol–water partition coefficient (Wildman–Crippen LogP) is 7.18. The Kier molecular flexibility index (Phi) is 6.10. The summed E-state index contributed by atoms with van der Waals surface area (Å²) in [5.41, 5.74) is 4.09. The van der Waals surface area contributed by atoms with Crippen molar-refractivity contribution in [2.45, 2.75) is 58.3 Å². The van der Waals surface area contributed by atoms with Gasteiger partial charge in [-0.05, 0) is 59.0 Å². The normalized spacial score (nSPS) is 21.7. The number of benzene rings is 1. The molecule has 150 valence electrons. The number of aromatic amines is 1. The molecule has 0 saturated carbocycles. The lowest BCUT2D eigenvalue weighted by Gasteiger charge is -2.39. The van der Waals surface area contributed by atoms with Crippen molar-refractivity contribution in [3.05, 3.63) is 65.0 Å². The van der Waals surface area contributed by atoms with Crippen molar-refractivity contribution in [1.82, 2.24) is 9.97 Å². The average Bonchev–Trinajstić information content (AvgIpc) is 3.36. The molecule has 4 rings (SSSR count). The summed E-state index contributed by atoms with van der Waals surface area (Å²) in [6, 6.07) is 10.6. The third kappa shape index (κ3) is 3.74. The minimum atomic E-state index is -0.706. The van der Waals surface area contributed by atoms with Gasteiger partial charge in [-0.1, -0.05) is 69.2 Å². The van der Waals surface area contributed by atoms with Gasteiger partial charge in [0.15, 0.2) is 0 Å². The van der Waals surface area contributed by atoms with Crippen LogP contribution in [0.25, 0.3) is 11.3 Å². The standard InChI is InChI=1S/C25H34N2S/c1-3-5-16-28(17-6-4-2)19-22(21-14-10-11-15-24(21)28)25-26-18-23(27-25)20-12-8-7-9-13-20/h7-9,11-13,15,18,22H,3-6,10,14,16-17,19H2,1-2H3,(H,26,27)/t22-/m1/s1. The highest BCUT2D eigenvalue weighted by Gasteiger charge is 2.42. The number of allylic oxidation sites excluding steroid dienone is 3. The number of hydrogen-bond acceptors (Lipinski definition) is 1. The van der Waals surface area contributed by atoms with E-state index in [0.29, 0.717) is 5.92 Å². The minimum absolute atomic E-state index is 0.501. The molecule has 0 unspecified atom stereocenters. The van der Waals surface area contributed by atoms with Gasteiger partial charge < -0.3 is 4.98 Å². The Morgan fingerprint density at radius 3 is 2.54 bits per heavy atom. The Balaban J connectivity index is 1.67. The molecule has 1 aromatic heterocycles. The maximum absolute atomic E-state index is 4.89. The lowest BCUT2D eigenvalue weighted by molar-refractivity contribution is 0.772. The predicted molar refractivity (Wildman–Crippen MR) is 124 cm³/mol. The summed E-state index contributed by atoms with van der Waals surface area (Å²) < 4.78 is 0. The Labute approximate surface area is 171 Å². The second-order valence-electron chi connectivity index (χ2n) is 8.26. The van der Waals surface area contributed by atoms with Crippen LogP contribution in [-0.4, -0.2) is 27.2 Å². The number of rotatable bonds is 8. The SMILES string of the molecule is CCCCS1(CCCC)C[C@@H](c2ncc(-c3ccccc3)[nH]2)C2=C1C=CCC2. The molecule has 0 radical (unpaired) electrons. The number of nitrogens with one attached hydrogen (secondary N) is 1. The first-order valence-electron chi connectivity index (χ1n) is 11.0. The van der Waals surface area contributed by atoms with Crippen molar-refractivity contribution >= 4 is 10.0 Å². The van der Waals surface area contributed by atoms with Crippen LogP contribution in [0.1, 0.15) is 64.1 Å². The van der Waals surface area contributed by atoms with E-state index in [2.05, 4.69) is 61.3 Å². The molecule has 0 amide bonds. The van der Waals surface area contributed by atoms with Gasteiger partial charge in [0, 0.05) is 5.92 Å². The highest BCUT2D eigenvalue weighted by atomic mass is 32.3. The molecule has 1 aliphatic heterocycles. The van der Waals surface area contributed by atoms with Gasteiger partial charge in [0.2, 0.25) is 0 Å². The van der Waals surface area contributed by atoms with Crippen molar-refractivity contribution < 1.29 is 0 Å². The number of H-pyrrole nitrogens is 1. The lowest BCUT2D eigenvalue weighted by atomic mass is 9.93. The van der Waals surface area contributed by atoms with Gasteiger partial charge in [-0.2, -0.15) is 0 Å².